The van der Waals surface area contributed by atoms with Crippen molar-refractivity contribution in [3.05, 3.63) is 22.9 Å². The second kappa shape index (κ2) is 6.16. The number of aromatic nitrogens is 1. The van der Waals surface area contributed by atoms with Gasteiger partial charge in [0.15, 0.2) is 0 Å². The average molecular weight is 250 g/mol. The van der Waals surface area contributed by atoms with Crippen molar-refractivity contribution in [3.63, 3.8) is 0 Å². The molecular formula is C14H22N2O2. The van der Waals surface area contributed by atoms with Gasteiger partial charge in [0.1, 0.15) is 6.61 Å². The second-order valence-corrected chi connectivity index (χ2v) is 4.84. The van der Waals surface area contributed by atoms with Gasteiger partial charge in [-0.1, -0.05) is 0 Å². The van der Waals surface area contributed by atoms with E-state index < -0.39 is 0 Å². The van der Waals surface area contributed by atoms with Crippen LogP contribution in [0.2, 0.25) is 0 Å². The molecule has 0 saturated carbocycles. The average Bonchev–Trinajstić information content (AvgIpc) is 2.83. The lowest BCUT2D eigenvalue weighted by Crippen LogP contribution is -2.19. The van der Waals surface area contributed by atoms with E-state index in [0.29, 0.717) is 6.61 Å². The normalized spacial score (nSPS) is 19.2. The van der Waals surface area contributed by atoms with Crippen molar-refractivity contribution >= 4 is 0 Å². The van der Waals surface area contributed by atoms with Crippen molar-refractivity contribution in [3.8, 4) is 5.88 Å². The summed E-state index contributed by atoms with van der Waals surface area (Å²) in [6, 6.07) is 2.09. The topological polar surface area (TPSA) is 43.4 Å². The van der Waals surface area contributed by atoms with Crippen molar-refractivity contribution in [1.82, 2.24) is 10.3 Å². The van der Waals surface area contributed by atoms with Crippen LogP contribution < -0.4 is 10.1 Å². The van der Waals surface area contributed by atoms with E-state index in [1.54, 1.807) is 0 Å². The van der Waals surface area contributed by atoms with Gasteiger partial charge in [0.05, 0.1) is 6.10 Å². The number of hydrogen-bond donors (Lipinski definition) is 1. The highest BCUT2D eigenvalue weighted by molar-refractivity contribution is 5.35. The largest absolute Gasteiger partial charge is 0.475 e. The third-order valence-electron chi connectivity index (χ3n) is 3.22. The molecular weight excluding hydrogens is 228 g/mol. The quantitative estimate of drug-likeness (QED) is 0.867. The maximum atomic E-state index is 5.86. The minimum absolute atomic E-state index is 0.232. The Hall–Kier alpha value is -1.13. The summed E-state index contributed by atoms with van der Waals surface area (Å²) in [4.78, 5) is 4.50. The molecule has 1 aliphatic rings. The molecule has 1 unspecified atom stereocenters. The number of rotatable bonds is 5. The Kier molecular flexibility index (Phi) is 4.55. The number of nitrogens with one attached hydrogen (secondary N) is 1. The molecule has 0 aromatic carbocycles. The number of aryl methyl sites for hydroxylation is 2. The smallest absolute Gasteiger partial charge is 0.218 e. The van der Waals surface area contributed by atoms with E-state index in [-0.39, 0.29) is 6.10 Å². The van der Waals surface area contributed by atoms with Crippen molar-refractivity contribution in [2.24, 2.45) is 0 Å². The summed E-state index contributed by atoms with van der Waals surface area (Å²) >= 11 is 0. The molecule has 4 nitrogen and oxygen atoms in total. The van der Waals surface area contributed by atoms with E-state index in [0.717, 1.165) is 43.1 Å². The fourth-order valence-corrected chi connectivity index (χ4v) is 2.29. The van der Waals surface area contributed by atoms with Gasteiger partial charge >= 0.3 is 0 Å². The molecule has 0 amide bonds. The lowest BCUT2D eigenvalue weighted by molar-refractivity contribution is 0.0658. The van der Waals surface area contributed by atoms with Crippen molar-refractivity contribution in [2.45, 2.75) is 39.3 Å². The van der Waals surface area contributed by atoms with Crippen molar-refractivity contribution < 1.29 is 9.47 Å². The van der Waals surface area contributed by atoms with Gasteiger partial charge in [-0.15, -0.1) is 0 Å². The first-order chi connectivity index (χ1) is 8.70. The van der Waals surface area contributed by atoms with Gasteiger partial charge < -0.3 is 14.8 Å². The Morgan fingerprint density at radius 1 is 1.50 bits per heavy atom. The zero-order chi connectivity index (χ0) is 13.0. The fraction of sp³-hybridized carbons (Fsp3) is 0.643. The minimum Gasteiger partial charge on any atom is -0.475 e. The molecule has 18 heavy (non-hydrogen) atoms. The first-order valence-electron chi connectivity index (χ1n) is 6.57. The minimum atomic E-state index is 0.232. The monoisotopic (exact) mass is 250 g/mol. The highest BCUT2D eigenvalue weighted by Gasteiger charge is 2.18. The summed E-state index contributed by atoms with van der Waals surface area (Å²) in [6.07, 6.45) is 2.46. The van der Waals surface area contributed by atoms with Crippen LogP contribution in [0.3, 0.4) is 0 Å². The van der Waals surface area contributed by atoms with E-state index in [9.17, 15) is 0 Å². The van der Waals surface area contributed by atoms with Crippen LogP contribution in [-0.2, 0) is 11.3 Å². The third kappa shape index (κ3) is 3.21. The van der Waals surface area contributed by atoms with Crippen molar-refractivity contribution in [2.75, 3.05) is 20.3 Å². The molecule has 2 heterocycles. The number of pyridine rings is 1. The molecule has 2 rings (SSSR count). The maximum absolute atomic E-state index is 5.86. The van der Waals surface area contributed by atoms with Gasteiger partial charge in [-0.25, -0.2) is 4.98 Å². The predicted octanol–water partition coefficient (Wildman–Crippen LogP) is 1.98. The van der Waals surface area contributed by atoms with Crippen molar-refractivity contribution in [1.29, 1.82) is 0 Å². The van der Waals surface area contributed by atoms with Gasteiger partial charge in [0, 0.05) is 24.4 Å². The molecule has 0 radical (unpaired) electrons. The lowest BCUT2D eigenvalue weighted by atomic mass is 10.1. The molecule has 0 bridgehead atoms. The Bertz CT molecular complexity index is 401. The van der Waals surface area contributed by atoms with E-state index >= 15 is 0 Å². The Morgan fingerprint density at radius 2 is 2.33 bits per heavy atom. The SMILES string of the molecule is CNCc1c(C)cc(C)nc1OCC1CCCO1. The molecule has 1 aliphatic heterocycles. The van der Waals surface area contributed by atoms with Crippen LogP contribution in [0, 0.1) is 13.8 Å². The van der Waals surface area contributed by atoms with Gasteiger partial charge in [-0.2, -0.15) is 0 Å². The Morgan fingerprint density at radius 3 is 3.00 bits per heavy atom. The Labute approximate surface area is 109 Å². The summed E-state index contributed by atoms with van der Waals surface area (Å²) < 4.78 is 11.4. The van der Waals surface area contributed by atoms with Crippen LogP contribution in [-0.4, -0.2) is 31.3 Å². The van der Waals surface area contributed by atoms with E-state index in [2.05, 4.69) is 23.3 Å². The molecule has 0 aliphatic carbocycles. The number of nitrogens with zero attached hydrogens (tertiary/aromatic N) is 1. The van der Waals surface area contributed by atoms with Gasteiger partial charge in [-0.05, 0) is 45.4 Å². The van der Waals surface area contributed by atoms with Crippen LogP contribution >= 0.6 is 0 Å². The van der Waals surface area contributed by atoms with Crippen LogP contribution in [0.1, 0.15) is 29.7 Å². The van der Waals surface area contributed by atoms with E-state index in [1.807, 2.05) is 14.0 Å². The highest BCUT2D eigenvalue weighted by Crippen LogP contribution is 2.22. The summed E-state index contributed by atoms with van der Waals surface area (Å²) in [7, 11) is 1.93. The predicted molar refractivity (Wildman–Crippen MR) is 70.9 cm³/mol. The van der Waals surface area contributed by atoms with Crippen LogP contribution in [0.4, 0.5) is 0 Å². The Balaban J connectivity index is 2.08. The molecule has 1 atom stereocenters. The maximum Gasteiger partial charge on any atom is 0.218 e. The van der Waals surface area contributed by atoms with E-state index in [1.165, 1.54) is 5.56 Å². The van der Waals surface area contributed by atoms with Crippen LogP contribution in [0.25, 0.3) is 0 Å². The van der Waals surface area contributed by atoms with E-state index in [4.69, 9.17) is 9.47 Å². The molecule has 1 aromatic heterocycles. The summed E-state index contributed by atoms with van der Waals surface area (Å²) in [5, 5.41) is 3.16. The van der Waals surface area contributed by atoms with Crippen LogP contribution in [0.5, 0.6) is 5.88 Å². The molecule has 1 aromatic rings. The fourth-order valence-electron chi connectivity index (χ4n) is 2.29. The number of hydrogen-bond acceptors (Lipinski definition) is 4. The summed E-state index contributed by atoms with van der Waals surface area (Å²) in [5.74, 6) is 0.748. The zero-order valence-electron chi connectivity index (χ0n) is 11.5. The highest BCUT2D eigenvalue weighted by atomic mass is 16.5. The first kappa shape index (κ1) is 13.3. The van der Waals surface area contributed by atoms with Gasteiger partial charge in [-0.3, -0.25) is 0 Å². The summed E-state index contributed by atoms with van der Waals surface area (Å²) in [5.41, 5.74) is 3.36. The standard InChI is InChI=1S/C14H22N2O2/c1-10-7-11(2)16-14(13(10)8-15-3)18-9-12-5-4-6-17-12/h7,12,15H,4-6,8-9H2,1-3H3. The third-order valence-corrected chi connectivity index (χ3v) is 3.22. The van der Waals surface area contributed by atoms with Gasteiger partial charge in [0.25, 0.3) is 0 Å². The second-order valence-electron chi connectivity index (χ2n) is 4.84. The van der Waals surface area contributed by atoms with Crippen LogP contribution in [0.15, 0.2) is 6.07 Å². The lowest BCUT2D eigenvalue weighted by Gasteiger charge is -2.16. The molecule has 0 spiro atoms. The molecule has 1 saturated heterocycles. The molecule has 4 heteroatoms. The molecule has 100 valence electrons. The zero-order valence-corrected chi connectivity index (χ0v) is 11.5. The van der Waals surface area contributed by atoms with Gasteiger partial charge in [0.2, 0.25) is 5.88 Å². The number of ether oxygens (including phenoxy) is 2. The summed E-state index contributed by atoms with van der Waals surface area (Å²) in [6.45, 7) is 6.33. The first-order valence-corrected chi connectivity index (χ1v) is 6.57. The molecule has 1 N–H and O–H groups in total. The molecule has 1 fully saturated rings.